The molecule has 4 aromatic rings. The number of aromatic nitrogens is 4. The number of carbonyl (C=O) groups excluding carboxylic acids is 2. The van der Waals surface area contributed by atoms with Crippen LogP contribution in [0.25, 0.3) is 11.2 Å². The van der Waals surface area contributed by atoms with Crippen molar-refractivity contribution in [3.05, 3.63) is 76.4 Å². The lowest BCUT2D eigenvalue weighted by Gasteiger charge is -2.21. The molecule has 5 rings (SSSR count). The summed E-state index contributed by atoms with van der Waals surface area (Å²) in [6, 6.07) is 8.93. The van der Waals surface area contributed by atoms with E-state index in [1.165, 1.54) is 31.2 Å². The first-order valence-electron chi connectivity index (χ1n) is 14.8. The van der Waals surface area contributed by atoms with Crippen LogP contribution in [-0.4, -0.2) is 96.8 Å². The molecule has 21 nitrogen and oxygen atoms in total. The van der Waals surface area contributed by atoms with Crippen LogP contribution in [0.5, 0.6) is 11.5 Å². The molecule has 22 heteroatoms. The first-order chi connectivity index (χ1) is 24.3. The summed E-state index contributed by atoms with van der Waals surface area (Å²) in [6.07, 6.45) is -4.92. The van der Waals surface area contributed by atoms with Gasteiger partial charge in [0.25, 0.3) is 5.69 Å². The zero-order valence-electron chi connectivity index (χ0n) is 26.8. The fourth-order valence-electron chi connectivity index (χ4n) is 5.09. The predicted molar refractivity (Wildman–Crippen MR) is 171 cm³/mol. The van der Waals surface area contributed by atoms with Gasteiger partial charge < -0.3 is 44.7 Å². The topological polar surface area (TPSA) is 292 Å². The molecule has 1 saturated heterocycles. The fraction of sp³-hybridized carbons (Fsp3) is 0.345. The van der Waals surface area contributed by atoms with Gasteiger partial charge in [-0.15, -0.1) is 0 Å². The Bertz CT molecular complexity index is 1950. The smallest absolute Gasteiger partial charge is 0.493 e. The second-order valence-electron chi connectivity index (χ2n) is 10.9. The number of nitrogens with zero attached hydrogens (tertiary/aromatic N) is 5. The van der Waals surface area contributed by atoms with Gasteiger partial charge >= 0.3 is 19.9 Å². The summed E-state index contributed by atoms with van der Waals surface area (Å²) < 4.78 is 44.9. The number of nitro benzene ring substituents is 1. The number of alkyl carbamates (subject to hydrolysis) is 1. The second-order valence-corrected chi connectivity index (χ2v) is 12.2. The summed E-state index contributed by atoms with van der Waals surface area (Å²) in [6.45, 7) is -1.47. The first kappa shape index (κ1) is 36.8. The standard InChI is InChI=1S/C29H32N7O14P/c1-45-19-9-16(18(36(41)42)10-20(19)46-2)11-47-29(40)34-17(8-15-6-4-3-5-7-15)28(39)50-51(43,44)48-12-21-23(37)24(38)27(49-21)35-14-33-22-25(30)31-13-32-26(22)35/h3-7,9-10,13-14,17,21,23-24,27,37-38H,8,11-12H2,1-2H3,(H,34,40)(H,43,44)(H2,30,31,32)/t17?,21-,23-,24-,27-/m1/s1. The number of aliphatic hydroxyl groups excluding tert-OH is 2. The van der Waals surface area contributed by atoms with Crippen molar-refractivity contribution in [3.8, 4) is 11.5 Å². The Kier molecular flexibility index (Phi) is 11.3. The zero-order valence-corrected chi connectivity index (χ0v) is 27.7. The molecule has 2 aromatic carbocycles. The summed E-state index contributed by atoms with van der Waals surface area (Å²) >= 11 is 0. The summed E-state index contributed by atoms with van der Waals surface area (Å²) in [5, 5.41) is 35.1. The number of imidazole rings is 1. The van der Waals surface area contributed by atoms with Crippen molar-refractivity contribution >= 4 is 42.6 Å². The Morgan fingerprint density at radius 2 is 1.82 bits per heavy atom. The largest absolute Gasteiger partial charge is 0.529 e. The Morgan fingerprint density at radius 1 is 1.12 bits per heavy atom. The highest BCUT2D eigenvalue weighted by atomic mass is 31.2. The van der Waals surface area contributed by atoms with Gasteiger partial charge in [0.15, 0.2) is 29.2 Å². The molecule has 6 N–H and O–H groups in total. The Balaban J connectivity index is 1.24. The maximum atomic E-state index is 13.2. The van der Waals surface area contributed by atoms with Crippen LogP contribution in [0.2, 0.25) is 0 Å². The number of anilines is 1. The van der Waals surface area contributed by atoms with Gasteiger partial charge in [0, 0.05) is 6.42 Å². The van der Waals surface area contributed by atoms with E-state index < -0.39 is 74.3 Å². The molecular weight excluding hydrogens is 701 g/mol. The lowest BCUT2D eigenvalue weighted by atomic mass is 10.1. The Morgan fingerprint density at radius 3 is 2.51 bits per heavy atom. The molecule has 1 aliphatic heterocycles. The maximum Gasteiger partial charge on any atom is 0.529 e. The molecule has 6 atom stereocenters. The number of fused-ring (bicyclic) bond motifs is 1. The number of benzene rings is 2. The summed E-state index contributed by atoms with van der Waals surface area (Å²) in [4.78, 5) is 59.3. The molecule has 3 heterocycles. The molecule has 0 spiro atoms. The maximum absolute atomic E-state index is 13.2. The molecule has 0 radical (unpaired) electrons. The van der Waals surface area contributed by atoms with Crippen LogP contribution in [0, 0.1) is 10.1 Å². The van der Waals surface area contributed by atoms with Crippen molar-refractivity contribution in [2.75, 3.05) is 26.6 Å². The van der Waals surface area contributed by atoms with E-state index >= 15 is 0 Å². The van der Waals surface area contributed by atoms with Gasteiger partial charge in [-0.05, 0) is 11.6 Å². The minimum Gasteiger partial charge on any atom is -0.493 e. The van der Waals surface area contributed by atoms with Crippen LogP contribution in [0.15, 0.2) is 55.1 Å². The molecule has 0 saturated carbocycles. The third-order valence-electron chi connectivity index (χ3n) is 7.61. The molecule has 51 heavy (non-hydrogen) atoms. The molecule has 2 unspecified atom stereocenters. The van der Waals surface area contributed by atoms with Gasteiger partial charge in [0.1, 0.15) is 42.8 Å². The number of nitrogens with two attached hydrogens (primary N) is 1. The average Bonchev–Trinajstić information content (AvgIpc) is 3.66. The molecule has 1 amide bonds. The van der Waals surface area contributed by atoms with Gasteiger partial charge in [-0.25, -0.2) is 29.1 Å². The van der Waals surface area contributed by atoms with Crippen molar-refractivity contribution in [1.29, 1.82) is 0 Å². The van der Waals surface area contributed by atoms with E-state index in [0.717, 1.165) is 12.4 Å². The number of ether oxygens (including phenoxy) is 4. The SMILES string of the molecule is COc1cc(COC(=O)NC(Cc2ccccc2)C(=O)OP(=O)(O)OC[C@H]2O[C@@H](n3cnc4c(N)ncnc43)[C@H](O)[C@@H]2O)c([N+](=O)[O-])cc1OC. The number of rotatable bonds is 14. The third-order valence-corrected chi connectivity index (χ3v) is 8.49. The van der Waals surface area contributed by atoms with E-state index in [0.29, 0.717) is 5.56 Å². The van der Waals surface area contributed by atoms with E-state index in [9.17, 15) is 39.4 Å². The van der Waals surface area contributed by atoms with Crippen molar-refractivity contribution in [3.63, 3.8) is 0 Å². The van der Waals surface area contributed by atoms with Crippen LogP contribution in [0.4, 0.5) is 16.3 Å². The van der Waals surface area contributed by atoms with Gasteiger partial charge in [-0.2, -0.15) is 0 Å². The van der Waals surface area contributed by atoms with E-state index in [1.54, 1.807) is 30.3 Å². The number of hydrogen-bond donors (Lipinski definition) is 5. The van der Waals surface area contributed by atoms with Gasteiger partial charge in [0.2, 0.25) is 0 Å². The normalized spacial score (nSPS) is 20.3. The highest BCUT2D eigenvalue weighted by molar-refractivity contribution is 7.48. The second kappa shape index (κ2) is 15.6. The summed E-state index contributed by atoms with van der Waals surface area (Å²) in [7, 11) is -2.65. The number of methoxy groups -OCH3 is 2. The van der Waals surface area contributed by atoms with Crippen molar-refractivity contribution in [2.45, 2.75) is 43.6 Å². The number of nitro groups is 1. The highest BCUT2D eigenvalue weighted by Gasteiger charge is 2.46. The third kappa shape index (κ3) is 8.48. The number of amides is 1. The Labute approximate surface area is 287 Å². The lowest BCUT2D eigenvalue weighted by molar-refractivity contribution is -0.385. The molecule has 0 aliphatic carbocycles. The molecule has 1 fully saturated rings. The minimum atomic E-state index is -5.24. The number of nitrogen functional groups attached to an aromatic ring is 1. The summed E-state index contributed by atoms with van der Waals surface area (Å²) in [5.74, 6) is -1.16. The number of hydrogen-bond acceptors (Lipinski definition) is 17. The van der Waals surface area contributed by atoms with Gasteiger partial charge in [-0.1, -0.05) is 30.3 Å². The van der Waals surface area contributed by atoms with Crippen molar-refractivity contribution < 1.29 is 62.2 Å². The molecule has 0 bridgehead atoms. The van der Waals surface area contributed by atoms with Crippen LogP contribution in [-0.2, 0) is 40.9 Å². The van der Waals surface area contributed by atoms with Gasteiger partial charge in [0.05, 0.1) is 43.7 Å². The highest BCUT2D eigenvalue weighted by Crippen LogP contribution is 2.45. The molecule has 2 aromatic heterocycles. The predicted octanol–water partition coefficient (Wildman–Crippen LogP) is 1.15. The van der Waals surface area contributed by atoms with E-state index in [2.05, 4.69) is 20.3 Å². The molecule has 1 aliphatic rings. The fourth-order valence-corrected chi connectivity index (χ4v) is 5.83. The monoisotopic (exact) mass is 733 g/mol. The van der Waals surface area contributed by atoms with Crippen LogP contribution < -0.4 is 20.5 Å². The van der Waals surface area contributed by atoms with E-state index in [1.807, 2.05) is 0 Å². The molecular formula is C29H32N7O14P. The van der Waals surface area contributed by atoms with Crippen molar-refractivity contribution in [2.24, 2.45) is 0 Å². The number of carbonyl (C=O) groups is 2. The van der Waals surface area contributed by atoms with Crippen molar-refractivity contribution in [1.82, 2.24) is 24.8 Å². The Hall–Kier alpha value is -5.44. The number of phosphoric acid groups is 1. The van der Waals surface area contributed by atoms with Crippen LogP contribution in [0.1, 0.15) is 17.4 Å². The lowest BCUT2D eigenvalue weighted by Crippen LogP contribution is -2.43. The van der Waals surface area contributed by atoms with Gasteiger partial charge in [-0.3, -0.25) is 24.1 Å². The average molecular weight is 734 g/mol. The first-order valence-corrected chi connectivity index (χ1v) is 16.3. The van der Waals surface area contributed by atoms with E-state index in [4.69, 9.17) is 33.7 Å². The number of phosphoric ester groups is 1. The quantitative estimate of drug-likeness (QED) is 0.0690. The van der Waals surface area contributed by atoms with Crippen LogP contribution >= 0.6 is 7.82 Å². The number of aliphatic hydroxyl groups is 2. The molecule has 272 valence electrons. The zero-order chi connectivity index (χ0) is 36.9. The number of nitrogens with one attached hydrogen (secondary N) is 1. The minimum absolute atomic E-state index is 0.0601. The van der Waals surface area contributed by atoms with E-state index in [-0.39, 0.29) is 40.5 Å². The summed E-state index contributed by atoms with van der Waals surface area (Å²) in [5.41, 5.74) is 6.19. The van der Waals surface area contributed by atoms with Crippen LogP contribution in [0.3, 0.4) is 0 Å².